The molecule has 0 aliphatic heterocycles. The predicted molar refractivity (Wildman–Crippen MR) is 302 cm³/mol. The summed E-state index contributed by atoms with van der Waals surface area (Å²) in [5.74, 6) is -0.944. The van der Waals surface area contributed by atoms with Gasteiger partial charge in [0.05, 0.1) is 0 Å². The third kappa shape index (κ3) is 55.8. The zero-order valence-electron chi connectivity index (χ0n) is 46.3. The van der Waals surface area contributed by atoms with Gasteiger partial charge in [-0.15, -0.1) is 0 Å². The van der Waals surface area contributed by atoms with Gasteiger partial charge >= 0.3 is 17.9 Å². The molecule has 0 rings (SSSR count). The summed E-state index contributed by atoms with van der Waals surface area (Å²) < 4.78 is 16.8. The summed E-state index contributed by atoms with van der Waals surface area (Å²) in [6, 6.07) is 0. The topological polar surface area (TPSA) is 78.9 Å². The number of rotatable bonds is 54. The quantitative estimate of drug-likeness (QED) is 0.0261. The number of carbonyl (C=O) groups is 3. The van der Waals surface area contributed by atoms with Crippen LogP contribution in [0.3, 0.4) is 0 Å². The van der Waals surface area contributed by atoms with E-state index < -0.39 is 6.10 Å². The van der Waals surface area contributed by atoms with Crippen LogP contribution in [-0.4, -0.2) is 37.2 Å². The van der Waals surface area contributed by atoms with Crippen molar-refractivity contribution in [2.24, 2.45) is 0 Å². The smallest absolute Gasteiger partial charge is 0.306 e. The van der Waals surface area contributed by atoms with Crippen molar-refractivity contribution in [2.45, 2.75) is 303 Å². The van der Waals surface area contributed by atoms with E-state index in [1.54, 1.807) is 0 Å². The zero-order valence-corrected chi connectivity index (χ0v) is 46.3. The Balaban J connectivity index is 4.47. The molecule has 0 saturated carbocycles. The van der Waals surface area contributed by atoms with Gasteiger partial charge in [0.1, 0.15) is 13.2 Å². The zero-order chi connectivity index (χ0) is 50.7. The van der Waals surface area contributed by atoms with Crippen molar-refractivity contribution >= 4 is 17.9 Å². The average molecular weight is 978 g/mol. The van der Waals surface area contributed by atoms with Crippen LogP contribution in [0.25, 0.3) is 0 Å². The van der Waals surface area contributed by atoms with E-state index in [0.29, 0.717) is 19.3 Å². The molecule has 0 heterocycles. The van der Waals surface area contributed by atoms with Gasteiger partial charge in [0, 0.05) is 19.3 Å². The van der Waals surface area contributed by atoms with Gasteiger partial charge in [-0.3, -0.25) is 14.4 Å². The summed E-state index contributed by atoms with van der Waals surface area (Å²) in [5, 5.41) is 0. The highest BCUT2D eigenvalue weighted by Crippen LogP contribution is 2.14. The second kappa shape index (κ2) is 58.4. The van der Waals surface area contributed by atoms with Gasteiger partial charge in [-0.05, 0) is 96.3 Å². The highest BCUT2D eigenvalue weighted by Gasteiger charge is 2.19. The SMILES string of the molecule is CCCCCCCCC/C=C\C=C/CCCCCCCC(=O)OCC(COC(=O)CCCCC/C=C\C=C/CCCCCCCCC)OC(=O)CCCCCCC/C=C\C=C/CCCCCCCCC. The average Bonchev–Trinajstić information content (AvgIpc) is 3.36. The Bertz CT molecular complexity index is 1310. The standard InChI is InChI=1S/C64H112O6/c1-4-7-10-13-16-19-22-25-28-31-33-36-39-42-45-48-51-54-57-63(66)69-60-61(59-68-62(65)56-53-50-47-44-41-38-35-30-27-24-21-18-15-12-9-6-3)70-64(67)58-55-52-49-46-43-40-37-34-32-29-26-23-20-17-14-11-8-5-2/h28-38,41,61H,4-27,39-40,42-60H2,1-3H3/b31-28-,32-29-,35-30-,36-33-,37-34-,41-38-. The summed E-state index contributed by atoms with van der Waals surface area (Å²) in [6.45, 7) is 6.60. The van der Waals surface area contributed by atoms with Crippen molar-refractivity contribution < 1.29 is 28.6 Å². The summed E-state index contributed by atoms with van der Waals surface area (Å²) in [4.78, 5) is 38.2. The lowest BCUT2D eigenvalue weighted by molar-refractivity contribution is -0.167. The maximum absolute atomic E-state index is 12.9. The van der Waals surface area contributed by atoms with E-state index in [4.69, 9.17) is 14.2 Å². The van der Waals surface area contributed by atoms with Crippen LogP contribution in [0, 0.1) is 0 Å². The lowest BCUT2D eigenvalue weighted by Gasteiger charge is -2.18. The summed E-state index contributed by atoms with van der Waals surface area (Å²) in [7, 11) is 0. The number of carbonyl (C=O) groups excluding carboxylic acids is 3. The number of unbranched alkanes of at least 4 members (excludes halogenated alkanes) is 34. The van der Waals surface area contributed by atoms with Crippen LogP contribution in [0.1, 0.15) is 297 Å². The molecule has 6 heteroatoms. The molecule has 0 aliphatic rings. The Labute approximate surface area is 433 Å². The third-order valence-corrected chi connectivity index (χ3v) is 13.0. The van der Waals surface area contributed by atoms with Crippen molar-refractivity contribution in [1.82, 2.24) is 0 Å². The Morgan fingerprint density at radius 1 is 0.286 bits per heavy atom. The molecule has 0 fully saturated rings. The van der Waals surface area contributed by atoms with E-state index in [-0.39, 0.29) is 31.1 Å². The van der Waals surface area contributed by atoms with Gasteiger partial charge < -0.3 is 14.2 Å². The van der Waals surface area contributed by atoms with Crippen LogP contribution >= 0.6 is 0 Å². The Hall–Kier alpha value is -3.15. The number of hydrogen-bond donors (Lipinski definition) is 0. The monoisotopic (exact) mass is 977 g/mol. The van der Waals surface area contributed by atoms with E-state index in [9.17, 15) is 14.4 Å². The first-order valence-corrected chi connectivity index (χ1v) is 30.0. The molecular formula is C64H112O6. The fraction of sp³-hybridized carbons (Fsp3) is 0.766. The van der Waals surface area contributed by atoms with E-state index in [0.717, 1.165) is 109 Å². The largest absolute Gasteiger partial charge is 0.462 e. The molecular weight excluding hydrogens is 865 g/mol. The molecule has 1 atom stereocenters. The molecule has 0 bridgehead atoms. The molecule has 0 spiro atoms. The van der Waals surface area contributed by atoms with Crippen LogP contribution in [0.5, 0.6) is 0 Å². The molecule has 0 aromatic carbocycles. The number of ether oxygens (including phenoxy) is 3. The first kappa shape index (κ1) is 66.9. The summed E-state index contributed by atoms with van der Waals surface area (Å²) in [5.41, 5.74) is 0. The molecule has 0 radical (unpaired) electrons. The summed E-state index contributed by atoms with van der Waals surface area (Å²) in [6.07, 6.45) is 74.6. The van der Waals surface area contributed by atoms with E-state index >= 15 is 0 Å². The fourth-order valence-electron chi connectivity index (χ4n) is 8.42. The lowest BCUT2D eigenvalue weighted by atomic mass is 10.1. The molecule has 1 unspecified atom stereocenters. The third-order valence-electron chi connectivity index (χ3n) is 13.0. The highest BCUT2D eigenvalue weighted by atomic mass is 16.6. The van der Waals surface area contributed by atoms with Crippen molar-refractivity contribution in [1.29, 1.82) is 0 Å². The molecule has 0 aromatic heterocycles. The van der Waals surface area contributed by atoms with Gasteiger partial charge in [0.15, 0.2) is 6.10 Å². The van der Waals surface area contributed by atoms with E-state index in [1.807, 2.05) is 0 Å². The van der Waals surface area contributed by atoms with Crippen LogP contribution in [0.4, 0.5) is 0 Å². The Morgan fingerprint density at radius 3 is 0.771 bits per heavy atom. The molecule has 0 aromatic rings. The molecule has 0 saturated heterocycles. The lowest BCUT2D eigenvalue weighted by Crippen LogP contribution is -2.30. The first-order valence-electron chi connectivity index (χ1n) is 30.0. The van der Waals surface area contributed by atoms with Gasteiger partial charge in [0.2, 0.25) is 0 Å². The van der Waals surface area contributed by atoms with Gasteiger partial charge in [-0.25, -0.2) is 0 Å². The first-order chi connectivity index (χ1) is 34.5. The number of hydrogen-bond acceptors (Lipinski definition) is 6. The Kier molecular flexibility index (Phi) is 55.8. The van der Waals surface area contributed by atoms with E-state index in [1.165, 1.54) is 148 Å². The van der Waals surface area contributed by atoms with E-state index in [2.05, 4.69) is 93.7 Å². The van der Waals surface area contributed by atoms with Crippen LogP contribution in [-0.2, 0) is 28.6 Å². The van der Waals surface area contributed by atoms with Crippen molar-refractivity contribution in [3.63, 3.8) is 0 Å². The normalized spacial score (nSPS) is 12.6. The molecule has 0 aliphatic carbocycles. The second-order valence-electron chi connectivity index (χ2n) is 20.0. The maximum Gasteiger partial charge on any atom is 0.306 e. The minimum absolute atomic E-state index is 0.0979. The van der Waals surface area contributed by atoms with Crippen molar-refractivity contribution in [2.75, 3.05) is 13.2 Å². The van der Waals surface area contributed by atoms with Crippen LogP contribution in [0.2, 0.25) is 0 Å². The minimum Gasteiger partial charge on any atom is -0.462 e. The second-order valence-corrected chi connectivity index (χ2v) is 20.0. The van der Waals surface area contributed by atoms with Gasteiger partial charge in [0.25, 0.3) is 0 Å². The van der Waals surface area contributed by atoms with Crippen LogP contribution in [0.15, 0.2) is 72.9 Å². The molecule has 70 heavy (non-hydrogen) atoms. The Morgan fingerprint density at radius 2 is 0.500 bits per heavy atom. The molecule has 0 N–H and O–H groups in total. The number of allylic oxidation sites excluding steroid dienone is 12. The predicted octanol–water partition coefficient (Wildman–Crippen LogP) is 20.2. The maximum atomic E-state index is 12.9. The molecule has 0 amide bonds. The fourth-order valence-corrected chi connectivity index (χ4v) is 8.42. The van der Waals surface area contributed by atoms with Crippen molar-refractivity contribution in [3.05, 3.63) is 72.9 Å². The summed E-state index contributed by atoms with van der Waals surface area (Å²) >= 11 is 0. The van der Waals surface area contributed by atoms with Gasteiger partial charge in [-0.1, -0.05) is 254 Å². The molecule has 404 valence electrons. The van der Waals surface area contributed by atoms with Crippen LogP contribution < -0.4 is 0 Å². The molecule has 6 nitrogen and oxygen atoms in total. The number of esters is 3. The minimum atomic E-state index is -0.802. The highest BCUT2D eigenvalue weighted by molar-refractivity contribution is 5.71. The van der Waals surface area contributed by atoms with Gasteiger partial charge in [-0.2, -0.15) is 0 Å². The van der Waals surface area contributed by atoms with Crippen molar-refractivity contribution in [3.8, 4) is 0 Å².